The first-order valence-electron chi connectivity index (χ1n) is 5.34. The summed E-state index contributed by atoms with van der Waals surface area (Å²) in [5, 5.41) is 16.8. The minimum absolute atomic E-state index is 0.0861. The Labute approximate surface area is 99.8 Å². The standard InChI is InChI=1S/C12H14N4O/c1-16(8-10-4-2-3-7-13-10)12-6-5-11(9-17)14-15-12/h2-7,17H,8-9H2,1H3. The van der Waals surface area contributed by atoms with E-state index >= 15 is 0 Å². The van der Waals surface area contributed by atoms with Crippen molar-refractivity contribution in [3.63, 3.8) is 0 Å². The number of aliphatic hydroxyl groups excluding tert-OH is 1. The molecule has 5 heteroatoms. The summed E-state index contributed by atoms with van der Waals surface area (Å²) in [7, 11) is 1.93. The number of rotatable bonds is 4. The van der Waals surface area contributed by atoms with Crippen molar-refractivity contribution in [2.45, 2.75) is 13.2 Å². The first-order valence-corrected chi connectivity index (χ1v) is 5.34. The number of pyridine rings is 1. The van der Waals surface area contributed by atoms with Gasteiger partial charge < -0.3 is 10.0 Å². The topological polar surface area (TPSA) is 62.1 Å². The van der Waals surface area contributed by atoms with Gasteiger partial charge in [0.2, 0.25) is 0 Å². The lowest BCUT2D eigenvalue weighted by Crippen LogP contribution is -2.18. The van der Waals surface area contributed by atoms with Gasteiger partial charge in [0.25, 0.3) is 0 Å². The van der Waals surface area contributed by atoms with Crippen LogP contribution >= 0.6 is 0 Å². The smallest absolute Gasteiger partial charge is 0.151 e. The van der Waals surface area contributed by atoms with Crippen molar-refractivity contribution in [3.8, 4) is 0 Å². The molecule has 0 bridgehead atoms. The van der Waals surface area contributed by atoms with Crippen LogP contribution < -0.4 is 4.90 Å². The van der Waals surface area contributed by atoms with E-state index in [0.717, 1.165) is 11.5 Å². The van der Waals surface area contributed by atoms with Gasteiger partial charge >= 0.3 is 0 Å². The van der Waals surface area contributed by atoms with E-state index in [2.05, 4.69) is 15.2 Å². The van der Waals surface area contributed by atoms with Crippen LogP contribution in [0.1, 0.15) is 11.4 Å². The van der Waals surface area contributed by atoms with Crippen molar-refractivity contribution < 1.29 is 5.11 Å². The SMILES string of the molecule is CN(Cc1ccccn1)c1ccc(CO)nn1. The van der Waals surface area contributed by atoms with Crippen LogP contribution in [0.15, 0.2) is 36.5 Å². The highest BCUT2D eigenvalue weighted by Crippen LogP contribution is 2.10. The van der Waals surface area contributed by atoms with Gasteiger partial charge in [-0.3, -0.25) is 4.98 Å². The molecule has 0 fully saturated rings. The van der Waals surface area contributed by atoms with Gasteiger partial charge in [-0.05, 0) is 24.3 Å². The Hall–Kier alpha value is -2.01. The van der Waals surface area contributed by atoms with Crippen molar-refractivity contribution in [2.24, 2.45) is 0 Å². The Kier molecular flexibility index (Phi) is 3.62. The summed E-state index contributed by atoms with van der Waals surface area (Å²) in [6.45, 7) is 0.589. The van der Waals surface area contributed by atoms with E-state index in [4.69, 9.17) is 5.11 Å². The molecule has 2 heterocycles. The second-order valence-electron chi connectivity index (χ2n) is 3.72. The molecular formula is C12H14N4O. The summed E-state index contributed by atoms with van der Waals surface area (Å²) in [5.74, 6) is 0.757. The van der Waals surface area contributed by atoms with E-state index < -0.39 is 0 Å². The van der Waals surface area contributed by atoms with E-state index in [1.54, 1.807) is 12.3 Å². The summed E-state index contributed by atoms with van der Waals surface area (Å²) < 4.78 is 0. The average molecular weight is 230 g/mol. The molecule has 0 atom stereocenters. The molecule has 2 rings (SSSR count). The maximum atomic E-state index is 8.88. The Bertz CT molecular complexity index is 458. The van der Waals surface area contributed by atoms with Gasteiger partial charge in [-0.25, -0.2) is 0 Å². The molecule has 0 aliphatic carbocycles. The van der Waals surface area contributed by atoms with Crippen LogP contribution in [0.5, 0.6) is 0 Å². The Balaban J connectivity index is 2.06. The fraction of sp³-hybridized carbons (Fsp3) is 0.250. The lowest BCUT2D eigenvalue weighted by molar-refractivity contribution is 0.275. The minimum Gasteiger partial charge on any atom is -0.390 e. The van der Waals surface area contributed by atoms with Crippen LogP contribution in [0.2, 0.25) is 0 Å². The molecule has 0 saturated carbocycles. The highest BCUT2D eigenvalue weighted by atomic mass is 16.3. The van der Waals surface area contributed by atoms with Crippen LogP contribution in [0.25, 0.3) is 0 Å². The maximum absolute atomic E-state index is 8.88. The molecule has 2 aromatic rings. The van der Waals surface area contributed by atoms with E-state index in [0.29, 0.717) is 12.2 Å². The number of hydrogen-bond acceptors (Lipinski definition) is 5. The van der Waals surface area contributed by atoms with Crippen LogP contribution in [0, 0.1) is 0 Å². The van der Waals surface area contributed by atoms with Crippen molar-refractivity contribution in [2.75, 3.05) is 11.9 Å². The molecule has 0 radical (unpaired) electrons. The molecule has 17 heavy (non-hydrogen) atoms. The number of hydrogen-bond donors (Lipinski definition) is 1. The van der Waals surface area contributed by atoms with Crippen molar-refractivity contribution in [1.29, 1.82) is 0 Å². The predicted molar refractivity (Wildman–Crippen MR) is 64.3 cm³/mol. The zero-order chi connectivity index (χ0) is 12.1. The monoisotopic (exact) mass is 230 g/mol. The fourth-order valence-corrected chi connectivity index (χ4v) is 1.46. The third kappa shape index (κ3) is 2.98. The summed E-state index contributed by atoms with van der Waals surface area (Å²) in [6, 6.07) is 9.40. The summed E-state index contributed by atoms with van der Waals surface area (Å²) in [6.07, 6.45) is 1.77. The molecule has 1 N–H and O–H groups in total. The molecule has 88 valence electrons. The van der Waals surface area contributed by atoms with Crippen molar-refractivity contribution in [3.05, 3.63) is 47.9 Å². The highest BCUT2D eigenvalue weighted by Gasteiger charge is 2.04. The van der Waals surface area contributed by atoms with Gasteiger partial charge in [-0.1, -0.05) is 6.07 Å². The number of aliphatic hydroxyl groups is 1. The largest absolute Gasteiger partial charge is 0.390 e. The molecule has 2 aromatic heterocycles. The van der Waals surface area contributed by atoms with Crippen LogP contribution in [-0.2, 0) is 13.2 Å². The van der Waals surface area contributed by atoms with Gasteiger partial charge in [0, 0.05) is 13.2 Å². The normalized spacial score (nSPS) is 10.2. The fourth-order valence-electron chi connectivity index (χ4n) is 1.46. The second-order valence-corrected chi connectivity index (χ2v) is 3.72. The average Bonchev–Trinajstić information content (AvgIpc) is 2.40. The number of nitrogens with zero attached hydrogens (tertiary/aromatic N) is 4. The first kappa shape index (κ1) is 11.5. The van der Waals surface area contributed by atoms with Gasteiger partial charge in [0.15, 0.2) is 5.82 Å². The van der Waals surface area contributed by atoms with Gasteiger partial charge in [0.05, 0.1) is 24.5 Å². The van der Waals surface area contributed by atoms with E-state index in [1.165, 1.54) is 0 Å². The minimum atomic E-state index is -0.0861. The molecule has 0 aliphatic rings. The molecule has 0 aromatic carbocycles. The third-order valence-electron chi connectivity index (χ3n) is 2.38. The van der Waals surface area contributed by atoms with Crippen LogP contribution in [0.4, 0.5) is 5.82 Å². The first-order chi connectivity index (χ1) is 8.29. The highest BCUT2D eigenvalue weighted by molar-refractivity contribution is 5.36. The molecule has 0 unspecified atom stereocenters. The third-order valence-corrected chi connectivity index (χ3v) is 2.38. The summed E-state index contributed by atoms with van der Waals surface area (Å²) in [4.78, 5) is 6.20. The molecule has 0 aliphatic heterocycles. The summed E-state index contributed by atoms with van der Waals surface area (Å²) in [5.41, 5.74) is 1.54. The lowest BCUT2D eigenvalue weighted by atomic mass is 10.3. The Morgan fingerprint density at radius 1 is 1.12 bits per heavy atom. The van der Waals surface area contributed by atoms with Gasteiger partial charge in [-0.2, -0.15) is 5.10 Å². The zero-order valence-corrected chi connectivity index (χ0v) is 9.61. The number of aromatic nitrogens is 3. The zero-order valence-electron chi connectivity index (χ0n) is 9.61. The predicted octanol–water partition coefficient (Wildman–Crippen LogP) is 1.00. The van der Waals surface area contributed by atoms with Crippen molar-refractivity contribution in [1.82, 2.24) is 15.2 Å². The van der Waals surface area contributed by atoms with Crippen molar-refractivity contribution >= 4 is 5.82 Å². The van der Waals surface area contributed by atoms with Crippen LogP contribution in [-0.4, -0.2) is 27.3 Å². The Morgan fingerprint density at radius 2 is 2.00 bits per heavy atom. The molecule has 0 spiro atoms. The quantitative estimate of drug-likeness (QED) is 0.849. The van der Waals surface area contributed by atoms with E-state index in [9.17, 15) is 0 Å². The van der Waals surface area contributed by atoms with Gasteiger partial charge in [0.1, 0.15) is 0 Å². The van der Waals surface area contributed by atoms with Gasteiger partial charge in [-0.15, -0.1) is 5.10 Å². The molecular weight excluding hydrogens is 216 g/mol. The molecule has 5 nitrogen and oxygen atoms in total. The summed E-state index contributed by atoms with van der Waals surface area (Å²) >= 11 is 0. The van der Waals surface area contributed by atoms with E-state index in [1.807, 2.05) is 36.2 Å². The lowest BCUT2D eigenvalue weighted by Gasteiger charge is -2.16. The molecule has 0 amide bonds. The number of anilines is 1. The molecule has 0 saturated heterocycles. The Morgan fingerprint density at radius 3 is 2.59 bits per heavy atom. The maximum Gasteiger partial charge on any atom is 0.151 e. The second kappa shape index (κ2) is 5.36. The van der Waals surface area contributed by atoms with Crippen LogP contribution in [0.3, 0.4) is 0 Å². The van der Waals surface area contributed by atoms with E-state index in [-0.39, 0.29) is 6.61 Å².